The minimum atomic E-state index is -0.618. The van der Waals surface area contributed by atoms with Gasteiger partial charge in [0.15, 0.2) is 17.4 Å². The summed E-state index contributed by atoms with van der Waals surface area (Å²) in [7, 11) is 0. The summed E-state index contributed by atoms with van der Waals surface area (Å²) in [6.07, 6.45) is 5.45. The SMILES string of the molecule is CC(C)N1CCOc2c(F)cc(-c3nc(NC4CCN(SCCNC(=O)CO)CC4)ncc3F)cc21.CCCC. The zero-order valence-electron chi connectivity index (χ0n) is 23.9. The summed E-state index contributed by atoms with van der Waals surface area (Å²) in [5, 5.41) is 14.7. The van der Waals surface area contributed by atoms with Crippen LogP contribution < -0.4 is 20.3 Å². The second-order valence-corrected chi connectivity index (χ2v) is 11.2. The van der Waals surface area contributed by atoms with E-state index in [0.29, 0.717) is 36.9 Å². The molecule has 2 aliphatic heterocycles. The van der Waals surface area contributed by atoms with E-state index in [0.717, 1.165) is 37.9 Å². The number of hydrogen-bond donors (Lipinski definition) is 3. The molecule has 2 aliphatic rings. The number of ether oxygens (including phenoxy) is 1. The van der Waals surface area contributed by atoms with E-state index >= 15 is 0 Å². The van der Waals surface area contributed by atoms with E-state index in [4.69, 9.17) is 9.84 Å². The number of nitrogens with zero attached hydrogens (tertiary/aromatic N) is 4. The summed E-state index contributed by atoms with van der Waals surface area (Å²) in [4.78, 5) is 21.6. The maximum absolute atomic E-state index is 14.9. The number of fused-ring (bicyclic) bond motifs is 1. The average molecular weight is 581 g/mol. The molecule has 0 radical (unpaired) electrons. The summed E-state index contributed by atoms with van der Waals surface area (Å²) in [6.45, 7) is 11.1. The van der Waals surface area contributed by atoms with Crippen LogP contribution in [0.1, 0.15) is 53.4 Å². The summed E-state index contributed by atoms with van der Waals surface area (Å²) in [5.74, 6) is -0.314. The van der Waals surface area contributed by atoms with Gasteiger partial charge in [0, 0.05) is 43.0 Å². The Morgan fingerprint density at radius 2 is 1.90 bits per heavy atom. The molecule has 0 spiro atoms. The Balaban J connectivity index is 0.00000103. The van der Waals surface area contributed by atoms with Crippen LogP contribution in [-0.4, -0.2) is 82.5 Å². The van der Waals surface area contributed by atoms with Crippen LogP contribution in [-0.2, 0) is 4.79 Å². The first-order chi connectivity index (χ1) is 19.3. The highest BCUT2D eigenvalue weighted by atomic mass is 32.2. The Hall–Kier alpha value is -2.70. The highest BCUT2D eigenvalue weighted by Gasteiger charge is 2.26. The molecule has 0 aliphatic carbocycles. The zero-order valence-corrected chi connectivity index (χ0v) is 24.7. The van der Waals surface area contributed by atoms with Gasteiger partial charge in [0.2, 0.25) is 11.9 Å². The number of carbonyl (C=O) groups excluding carboxylic acids is 1. The van der Waals surface area contributed by atoms with Crippen molar-refractivity contribution in [1.29, 1.82) is 0 Å². The predicted octanol–water partition coefficient (Wildman–Crippen LogP) is 4.47. The summed E-state index contributed by atoms with van der Waals surface area (Å²) < 4.78 is 37.4. The number of hydrogen-bond acceptors (Lipinski definition) is 9. The molecule has 40 heavy (non-hydrogen) atoms. The van der Waals surface area contributed by atoms with Crippen molar-refractivity contribution in [3.8, 4) is 17.0 Å². The second-order valence-electron chi connectivity index (χ2n) is 10.0. The monoisotopic (exact) mass is 580 g/mol. The van der Waals surface area contributed by atoms with Crippen molar-refractivity contribution in [3.63, 3.8) is 0 Å². The molecule has 1 aromatic carbocycles. The van der Waals surface area contributed by atoms with Crippen LogP contribution in [0.25, 0.3) is 11.3 Å². The van der Waals surface area contributed by atoms with Crippen molar-refractivity contribution in [2.75, 3.05) is 55.4 Å². The second kappa shape index (κ2) is 15.9. The number of aliphatic hydroxyl groups excluding tert-OH is 1. The number of unbranched alkanes of at least 4 members (excludes halogenated alkanes) is 1. The summed E-state index contributed by atoms with van der Waals surface area (Å²) in [6, 6.07) is 3.25. The standard InChI is InChI=1S/C24H32F2N6O3S.C4H10/c1-15(2)32-8-9-35-23-18(25)11-16(12-20(23)32)22-19(26)13-28-24(30-22)29-17-3-6-31(7-4-17)36-10-5-27-21(34)14-33;1-3-4-2/h11-13,15,17,33H,3-10,14H2,1-2H3,(H,27,34)(H,28,29,30);3-4H2,1-2H3. The number of aliphatic hydroxyl groups is 1. The van der Waals surface area contributed by atoms with Crippen molar-refractivity contribution in [3.05, 3.63) is 30.0 Å². The molecule has 3 heterocycles. The van der Waals surface area contributed by atoms with Gasteiger partial charge in [0.05, 0.1) is 18.4 Å². The van der Waals surface area contributed by atoms with E-state index in [2.05, 4.69) is 38.8 Å². The number of aromatic nitrogens is 2. The fourth-order valence-electron chi connectivity index (χ4n) is 4.35. The first kappa shape index (κ1) is 31.8. The Labute approximate surface area is 240 Å². The van der Waals surface area contributed by atoms with Crippen LogP contribution in [0.2, 0.25) is 0 Å². The Morgan fingerprint density at radius 3 is 2.55 bits per heavy atom. The van der Waals surface area contributed by atoms with Crippen LogP contribution in [0.4, 0.5) is 20.4 Å². The van der Waals surface area contributed by atoms with E-state index in [1.54, 1.807) is 18.0 Å². The molecule has 4 rings (SSSR count). The molecule has 12 heteroatoms. The van der Waals surface area contributed by atoms with Gasteiger partial charge < -0.3 is 25.4 Å². The lowest BCUT2D eigenvalue weighted by atomic mass is 10.1. The molecular weight excluding hydrogens is 538 g/mol. The molecule has 1 amide bonds. The highest BCUT2D eigenvalue weighted by molar-refractivity contribution is 7.97. The number of nitrogens with one attached hydrogen (secondary N) is 2. The Morgan fingerprint density at radius 1 is 1.18 bits per heavy atom. The van der Waals surface area contributed by atoms with Gasteiger partial charge in [0.25, 0.3) is 0 Å². The largest absolute Gasteiger partial charge is 0.486 e. The molecule has 0 unspecified atom stereocenters. The minimum absolute atomic E-state index is 0.0430. The minimum Gasteiger partial charge on any atom is -0.486 e. The van der Waals surface area contributed by atoms with Crippen molar-refractivity contribution in [2.24, 2.45) is 0 Å². The van der Waals surface area contributed by atoms with E-state index in [-0.39, 0.29) is 29.4 Å². The van der Waals surface area contributed by atoms with Gasteiger partial charge in [-0.25, -0.2) is 18.7 Å². The molecular formula is C28H42F2N6O3S. The molecule has 1 fully saturated rings. The van der Waals surface area contributed by atoms with E-state index < -0.39 is 18.2 Å². The highest BCUT2D eigenvalue weighted by Crippen LogP contribution is 2.39. The quantitative estimate of drug-likeness (QED) is 0.278. The Bertz CT molecular complexity index is 1100. The topological polar surface area (TPSA) is 103 Å². The van der Waals surface area contributed by atoms with Crippen LogP contribution >= 0.6 is 11.9 Å². The average Bonchev–Trinajstić information content (AvgIpc) is 2.96. The third-order valence-electron chi connectivity index (χ3n) is 6.68. The number of benzene rings is 1. The number of halogens is 2. The lowest BCUT2D eigenvalue weighted by Crippen LogP contribution is -2.38. The maximum atomic E-state index is 14.9. The van der Waals surface area contributed by atoms with Crippen molar-refractivity contribution in [1.82, 2.24) is 19.6 Å². The molecule has 0 atom stereocenters. The number of piperidine rings is 1. The van der Waals surface area contributed by atoms with Crippen LogP contribution in [0, 0.1) is 11.6 Å². The smallest absolute Gasteiger partial charge is 0.245 e. The van der Waals surface area contributed by atoms with Gasteiger partial charge in [-0.1, -0.05) is 38.6 Å². The number of amides is 1. The molecule has 0 bridgehead atoms. The lowest BCUT2D eigenvalue weighted by molar-refractivity contribution is -0.123. The van der Waals surface area contributed by atoms with Crippen molar-refractivity contribution in [2.45, 2.75) is 65.5 Å². The van der Waals surface area contributed by atoms with Gasteiger partial charge in [0.1, 0.15) is 18.9 Å². The third-order valence-corrected chi connectivity index (χ3v) is 7.80. The van der Waals surface area contributed by atoms with Gasteiger partial charge in [-0.15, -0.1) is 0 Å². The van der Waals surface area contributed by atoms with E-state index in [1.165, 1.54) is 18.9 Å². The number of anilines is 2. The summed E-state index contributed by atoms with van der Waals surface area (Å²) >= 11 is 1.65. The number of carbonyl (C=O) groups is 1. The third kappa shape index (κ3) is 8.90. The first-order valence-electron chi connectivity index (χ1n) is 14.0. The fourth-order valence-corrected chi connectivity index (χ4v) is 5.27. The van der Waals surface area contributed by atoms with Gasteiger partial charge in [-0.2, -0.15) is 0 Å². The molecule has 9 nitrogen and oxygen atoms in total. The van der Waals surface area contributed by atoms with Gasteiger partial charge >= 0.3 is 0 Å². The number of rotatable bonds is 10. The molecule has 3 N–H and O–H groups in total. The van der Waals surface area contributed by atoms with Crippen LogP contribution in [0.15, 0.2) is 18.3 Å². The van der Waals surface area contributed by atoms with Gasteiger partial charge in [-0.05, 0) is 38.8 Å². The summed E-state index contributed by atoms with van der Waals surface area (Å²) in [5.41, 5.74) is 0.978. The van der Waals surface area contributed by atoms with Crippen molar-refractivity contribution >= 4 is 29.5 Å². The molecule has 2 aromatic rings. The first-order valence-corrected chi connectivity index (χ1v) is 15.0. The fraction of sp³-hybridized carbons (Fsp3) is 0.607. The maximum Gasteiger partial charge on any atom is 0.245 e. The van der Waals surface area contributed by atoms with Crippen molar-refractivity contribution < 1.29 is 23.4 Å². The molecule has 0 saturated carbocycles. The van der Waals surface area contributed by atoms with Gasteiger partial charge in [-0.3, -0.25) is 9.10 Å². The lowest BCUT2D eigenvalue weighted by Gasteiger charge is -2.34. The molecule has 1 saturated heterocycles. The van der Waals surface area contributed by atoms with E-state index in [1.807, 2.05) is 18.7 Å². The predicted molar refractivity (Wildman–Crippen MR) is 157 cm³/mol. The van der Waals surface area contributed by atoms with E-state index in [9.17, 15) is 13.6 Å². The zero-order chi connectivity index (χ0) is 29.1. The normalized spacial score (nSPS) is 15.7. The molecule has 1 aromatic heterocycles. The molecule has 222 valence electrons. The van der Waals surface area contributed by atoms with Crippen LogP contribution in [0.5, 0.6) is 5.75 Å². The Kier molecular flexibility index (Phi) is 12.7. The van der Waals surface area contributed by atoms with Crippen LogP contribution in [0.3, 0.4) is 0 Å².